The van der Waals surface area contributed by atoms with Gasteiger partial charge in [0.25, 0.3) is 5.91 Å². The van der Waals surface area contributed by atoms with E-state index in [1.165, 1.54) is 12.8 Å². The van der Waals surface area contributed by atoms with E-state index in [1.54, 1.807) is 0 Å². The molecule has 24 heavy (non-hydrogen) atoms. The van der Waals surface area contributed by atoms with Crippen molar-refractivity contribution in [2.75, 3.05) is 26.3 Å². The number of hydrogen-bond acceptors (Lipinski definition) is 3. The highest BCUT2D eigenvalue weighted by Crippen LogP contribution is 2.39. The van der Waals surface area contributed by atoms with Crippen molar-refractivity contribution in [3.63, 3.8) is 0 Å². The minimum atomic E-state index is -0.429. The molecule has 2 saturated heterocycles. The summed E-state index contributed by atoms with van der Waals surface area (Å²) in [5.74, 6) is 0.422. The van der Waals surface area contributed by atoms with Crippen LogP contribution in [0.25, 0.3) is 0 Å². The predicted molar refractivity (Wildman–Crippen MR) is 85.3 cm³/mol. The van der Waals surface area contributed by atoms with Gasteiger partial charge in [0.05, 0.1) is 6.67 Å². The maximum atomic E-state index is 12.8. The Kier molecular flexibility index (Phi) is 4.02. The Hall–Kier alpha value is -1.92. The Balaban J connectivity index is 1.33. The largest absolute Gasteiger partial charge is 0.339 e. The van der Waals surface area contributed by atoms with Gasteiger partial charge < -0.3 is 9.80 Å². The molecule has 1 N–H and O–H groups in total. The second-order valence-corrected chi connectivity index (χ2v) is 7.28. The number of carbonyl (C=O) groups excluding carboxylic acids is 2. The Bertz CT molecular complexity index is 634. The molecule has 0 bridgehead atoms. The van der Waals surface area contributed by atoms with Gasteiger partial charge in [-0.25, -0.2) is 0 Å². The summed E-state index contributed by atoms with van der Waals surface area (Å²) in [5, 5.41) is 7.13. The molecule has 130 valence electrons. The van der Waals surface area contributed by atoms with E-state index in [0.29, 0.717) is 37.7 Å². The first-order valence-corrected chi connectivity index (χ1v) is 8.85. The lowest BCUT2D eigenvalue weighted by Crippen LogP contribution is -2.47. The van der Waals surface area contributed by atoms with Crippen LogP contribution in [0.4, 0.5) is 4.39 Å². The molecule has 0 aromatic carbocycles. The number of nitrogens with one attached hydrogen (secondary N) is 1. The Morgan fingerprint density at radius 3 is 2.67 bits per heavy atom. The molecule has 1 aromatic heterocycles. The average molecular weight is 334 g/mol. The summed E-state index contributed by atoms with van der Waals surface area (Å²) in [7, 11) is 0. The van der Waals surface area contributed by atoms with Crippen molar-refractivity contribution in [1.29, 1.82) is 0 Å². The summed E-state index contributed by atoms with van der Waals surface area (Å²) < 4.78 is 12.8. The lowest BCUT2D eigenvalue weighted by Gasteiger charge is -2.36. The molecule has 4 rings (SSSR count). The number of amides is 2. The molecular weight excluding hydrogens is 311 g/mol. The van der Waals surface area contributed by atoms with E-state index in [1.807, 2.05) is 15.9 Å². The van der Waals surface area contributed by atoms with E-state index in [-0.39, 0.29) is 23.8 Å². The fourth-order valence-corrected chi connectivity index (χ4v) is 3.86. The van der Waals surface area contributed by atoms with Crippen LogP contribution in [0.2, 0.25) is 0 Å². The van der Waals surface area contributed by atoms with E-state index in [4.69, 9.17) is 0 Å². The smallest absolute Gasteiger partial charge is 0.274 e. The number of aromatic nitrogens is 2. The van der Waals surface area contributed by atoms with Crippen molar-refractivity contribution in [2.24, 2.45) is 5.92 Å². The molecule has 6 nitrogen and oxygen atoms in total. The first-order chi connectivity index (χ1) is 11.7. The van der Waals surface area contributed by atoms with Gasteiger partial charge in [-0.1, -0.05) is 0 Å². The third kappa shape index (κ3) is 2.91. The molecule has 1 unspecified atom stereocenters. The minimum absolute atomic E-state index is 0.0361. The molecule has 3 aliphatic rings. The van der Waals surface area contributed by atoms with Crippen LogP contribution in [-0.2, 0) is 4.79 Å². The van der Waals surface area contributed by atoms with Crippen molar-refractivity contribution in [1.82, 2.24) is 20.0 Å². The van der Waals surface area contributed by atoms with Crippen LogP contribution in [0, 0.1) is 5.92 Å². The molecule has 2 amide bonds. The third-order valence-electron chi connectivity index (χ3n) is 5.48. The zero-order chi connectivity index (χ0) is 16.7. The molecule has 3 heterocycles. The highest BCUT2D eigenvalue weighted by molar-refractivity contribution is 5.92. The first kappa shape index (κ1) is 15.6. The highest BCUT2D eigenvalue weighted by atomic mass is 19.1. The van der Waals surface area contributed by atoms with Gasteiger partial charge in [0.2, 0.25) is 5.91 Å². The summed E-state index contributed by atoms with van der Waals surface area (Å²) in [4.78, 5) is 28.2. The summed E-state index contributed by atoms with van der Waals surface area (Å²) in [5.41, 5.74) is 1.55. The molecule has 0 radical (unpaired) electrons. The van der Waals surface area contributed by atoms with Gasteiger partial charge in [0.1, 0.15) is 5.69 Å². The van der Waals surface area contributed by atoms with E-state index >= 15 is 0 Å². The van der Waals surface area contributed by atoms with E-state index in [9.17, 15) is 14.0 Å². The molecule has 1 atom stereocenters. The van der Waals surface area contributed by atoms with Crippen LogP contribution in [0.3, 0.4) is 0 Å². The van der Waals surface area contributed by atoms with Crippen molar-refractivity contribution in [3.05, 3.63) is 17.5 Å². The Morgan fingerprint density at radius 1 is 1.29 bits per heavy atom. The van der Waals surface area contributed by atoms with Crippen LogP contribution >= 0.6 is 0 Å². The van der Waals surface area contributed by atoms with E-state index in [2.05, 4.69) is 10.2 Å². The second-order valence-electron chi connectivity index (χ2n) is 7.28. The van der Waals surface area contributed by atoms with Crippen molar-refractivity contribution in [3.8, 4) is 0 Å². The number of carbonyl (C=O) groups is 2. The zero-order valence-corrected chi connectivity index (χ0v) is 13.7. The second kappa shape index (κ2) is 6.18. The highest BCUT2D eigenvalue weighted by Gasteiger charge is 2.37. The van der Waals surface area contributed by atoms with Gasteiger partial charge in [-0.15, -0.1) is 0 Å². The third-order valence-corrected chi connectivity index (χ3v) is 5.48. The topological polar surface area (TPSA) is 69.3 Å². The molecule has 3 fully saturated rings. The van der Waals surface area contributed by atoms with Crippen LogP contribution < -0.4 is 0 Å². The summed E-state index contributed by atoms with van der Waals surface area (Å²) in [6.45, 7) is 1.35. The number of H-pyrrole nitrogens is 1. The van der Waals surface area contributed by atoms with E-state index < -0.39 is 6.67 Å². The maximum Gasteiger partial charge on any atom is 0.274 e. The molecular formula is C17H23FN4O2. The number of likely N-dealkylation sites (tertiary alicyclic amines) is 2. The fraction of sp³-hybridized carbons (Fsp3) is 0.706. The van der Waals surface area contributed by atoms with Gasteiger partial charge in [-0.2, -0.15) is 5.10 Å². The van der Waals surface area contributed by atoms with Crippen molar-refractivity contribution in [2.45, 2.75) is 44.1 Å². The molecule has 1 aliphatic carbocycles. The van der Waals surface area contributed by atoms with Crippen molar-refractivity contribution < 1.29 is 14.0 Å². The van der Waals surface area contributed by atoms with Gasteiger partial charge in [-0.3, -0.25) is 19.1 Å². The molecule has 1 aromatic rings. The van der Waals surface area contributed by atoms with E-state index in [0.717, 1.165) is 18.5 Å². The first-order valence-electron chi connectivity index (χ1n) is 8.85. The number of nitrogens with zero attached hydrogens (tertiary/aromatic N) is 3. The van der Waals surface area contributed by atoms with Crippen LogP contribution in [0.1, 0.15) is 54.2 Å². The standard InChI is InChI=1S/C17H23FN4O2/c18-9-11-7-16(23)22(10-11)13-3-5-21(6-4-13)17(24)15-8-14(19-20-15)12-1-2-12/h8,11-13H,1-7,9-10H2,(H,19,20). The average Bonchev–Trinajstić information content (AvgIpc) is 3.21. The summed E-state index contributed by atoms with van der Waals surface area (Å²) >= 11 is 0. The number of aromatic amines is 1. The maximum absolute atomic E-state index is 12.8. The van der Waals surface area contributed by atoms with Gasteiger partial charge in [0.15, 0.2) is 0 Å². The lowest BCUT2D eigenvalue weighted by atomic mass is 10.0. The molecule has 0 spiro atoms. The predicted octanol–water partition coefficient (Wildman–Crippen LogP) is 1.71. The lowest BCUT2D eigenvalue weighted by molar-refractivity contribution is -0.130. The monoisotopic (exact) mass is 334 g/mol. The van der Waals surface area contributed by atoms with Crippen molar-refractivity contribution >= 4 is 11.8 Å². The van der Waals surface area contributed by atoms with Crippen LogP contribution in [-0.4, -0.2) is 64.2 Å². The number of alkyl halides is 1. The Morgan fingerprint density at radius 2 is 2.04 bits per heavy atom. The minimum Gasteiger partial charge on any atom is -0.339 e. The number of piperidine rings is 1. The zero-order valence-electron chi connectivity index (χ0n) is 13.7. The quantitative estimate of drug-likeness (QED) is 0.911. The number of rotatable bonds is 4. The number of hydrogen-bond donors (Lipinski definition) is 1. The van der Waals surface area contributed by atoms with Gasteiger partial charge in [-0.05, 0) is 31.7 Å². The summed E-state index contributed by atoms with van der Waals surface area (Å²) in [6.07, 6.45) is 4.19. The van der Waals surface area contributed by atoms with Gasteiger partial charge in [0, 0.05) is 49.6 Å². The molecule has 2 aliphatic heterocycles. The van der Waals surface area contributed by atoms with Crippen LogP contribution in [0.15, 0.2) is 6.07 Å². The fourth-order valence-electron chi connectivity index (χ4n) is 3.86. The Labute approximate surface area is 140 Å². The van der Waals surface area contributed by atoms with Gasteiger partial charge >= 0.3 is 0 Å². The number of halogens is 1. The molecule has 7 heteroatoms. The van der Waals surface area contributed by atoms with Crippen LogP contribution in [0.5, 0.6) is 0 Å². The normalized spacial score (nSPS) is 25.5. The summed E-state index contributed by atoms with van der Waals surface area (Å²) in [6, 6.07) is 2.02. The SMILES string of the molecule is O=C(c1cc(C2CC2)[nH]n1)N1CCC(N2CC(CF)CC2=O)CC1. The molecule has 1 saturated carbocycles.